The van der Waals surface area contributed by atoms with Crippen molar-refractivity contribution in [1.82, 2.24) is 0 Å². The molecule has 4 aromatic rings. The van der Waals surface area contributed by atoms with Gasteiger partial charge in [0.1, 0.15) is 45.9 Å². The van der Waals surface area contributed by atoms with E-state index in [1.807, 2.05) is 0 Å². The smallest absolute Gasteiger partial charge is 0.181 e. The second-order valence-electron chi connectivity index (χ2n) is 11.0. The zero-order valence-corrected chi connectivity index (χ0v) is 26.7. The van der Waals surface area contributed by atoms with Crippen LogP contribution in [0.2, 0.25) is 0 Å². The molecule has 0 bridgehead atoms. The third-order valence-electron chi connectivity index (χ3n) is 7.45. The Morgan fingerprint density at radius 2 is 0.647 bits per heavy atom. The first-order valence-electron chi connectivity index (χ1n) is 15.6. The summed E-state index contributed by atoms with van der Waals surface area (Å²) in [6.45, 7) is 0.952. The highest BCUT2D eigenvalue weighted by molar-refractivity contribution is 5.50. The van der Waals surface area contributed by atoms with E-state index in [9.17, 15) is 35.1 Å². The molecule has 0 fully saturated rings. The van der Waals surface area contributed by atoms with Gasteiger partial charge in [0.2, 0.25) is 0 Å². The Labute approximate surface area is 288 Å². The number of rotatable bonds is 12. The highest BCUT2D eigenvalue weighted by Crippen LogP contribution is 2.25. The van der Waals surface area contributed by atoms with Crippen LogP contribution in [0.4, 0.5) is 35.1 Å². The van der Waals surface area contributed by atoms with Crippen LogP contribution in [0, 0.1) is 92.9 Å². The Morgan fingerprint density at radius 1 is 0.373 bits per heavy atom. The first-order chi connectivity index (χ1) is 24.6. The summed E-state index contributed by atoms with van der Waals surface area (Å²) < 4.78 is 123. The fourth-order valence-electron chi connectivity index (χ4n) is 4.69. The lowest BCUT2D eigenvalue weighted by Gasteiger charge is -2.07. The molecule has 0 aliphatic rings. The van der Waals surface area contributed by atoms with Crippen molar-refractivity contribution >= 4 is 0 Å². The van der Waals surface area contributed by atoms with Gasteiger partial charge in [0, 0.05) is 11.1 Å². The minimum Gasteiger partial charge on any atom is -0.494 e. The molecule has 0 amide bonds. The molecule has 0 N–H and O–H groups in total. The number of nitriles is 2. The molecule has 0 saturated carbocycles. The molecule has 0 radical (unpaired) electrons. The third kappa shape index (κ3) is 9.59. The predicted octanol–water partition coefficient (Wildman–Crippen LogP) is 9.53. The molecule has 0 aromatic heterocycles. The Kier molecular flexibility index (Phi) is 13.5. The van der Waals surface area contributed by atoms with Crippen molar-refractivity contribution in [3.05, 3.63) is 128 Å². The molecule has 12 heteroatoms. The van der Waals surface area contributed by atoms with Crippen LogP contribution < -0.4 is 9.47 Å². The van der Waals surface area contributed by atoms with Gasteiger partial charge >= 0.3 is 0 Å². The van der Waals surface area contributed by atoms with E-state index in [4.69, 9.17) is 20.0 Å². The minimum absolute atomic E-state index is 0.328. The summed E-state index contributed by atoms with van der Waals surface area (Å²) >= 11 is 0. The number of hydrogen-bond acceptors (Lipinski definition) is 4. The summed E-state index contributed by atoms with van der Waals surface area (Å²) in [6, 6.07) is 14.7. The van der Waals surface area contributed by atoms with Gasteiger partial charge in [-0.2, -0.15) is 10.5 Å². The average Bonchev–Trinajstić information content (AvgIpc) is 3.13. The highest BCUT2D eigenvalue weighted by Gasteiger charge is 2.25. The average molecular weight is 707 g/mol. The summed E-state index contributed by atoms with van der Waals surface area (Å²) in [5.41, 5.74) is -4.24. The van der Waals surface area contributed by atoms with Crippen molar-refractivity contribution in [2.24, 2.45) is 0 Å². The molecule has 0 atom stereocenters. The third-order valence-corrected chi connectivity index (χ3v) is 7.45. The van der Waals surface area contributed by atoms with Crippen LogP contribution in [0.1, 0.15) is 78.3 Å². The van der Waals surface area contributed by atoms with Crippen LogP contribution in [-0.4, -0.2) is 13.2 Å². The predicted molar refractivity (Wildman–Crippen MR) is 170 cm³/mol. The monoisotopic (exact) mass is 706 g/mol. The van der Waals surface area contributed by atoms with Crippen LogP contribution in [0.3, 0.4) is 0 Å². The van der Waals surface area contributed by atoms with Gasteiger partial charge in [-0.25, -0.2) is 35.1 Å². The van der Waals surface area contributed by atoms with E-state index in [-0.39, 0.29) is 0 Å². The molecule has 0 spiro atoms. The summed E-state index contributed by atoms with van der Waals surface area (Å²) in [6.07, 6.45) is 6.62. The molecule has 260 valence electrons. The summed E-state index contributed by atoms with van der Waals surface area (Å²) in [5.74, 6) is -3.97. The van der Waals surface area contributed by atoms with Crippen LogP contribution in [0.15, 0.2) is 48.5 Å². The van der Waals surface area contributed by atoms with Gasteiger partial charge in [0.25, 0.3) is 0 Å². The van der Waals surface area contributed by atoms with Gasteiger partial charge in [0.15, 0.2) is 46.5 Å². The zero-order chi connectivity index (χ0) is 36.9. The van der Waals surface area contributed by atoms with Gasteiger partial charge in [-0.1, -0.05) is 55.8 Å². The highest BCUT2D eigenvalue weighted by atomic mass is 19.2. The quantitative estimate of drug-likeness (QED) is 0.0637. The number of halogens is 8. The van der Waals surface area contributed by atoms with Crippen molar-refractivity contribution in [3.8, 4) is 47.3 Å². The summed E-state index contributed by atoms with van der Waals surface area (Å²) in [7, 11) is 0. The molecule has 0 saturated heterocycles. The largest absolute Gasteiger partial charge is 0.494 e. The Bertz CT molecular complexity index is 1890. The first kappa shape index (κ1) is 37.8. The molecular formula is C39H26F8N2O2. The fourth-order valence-corrected chi connectivity index (χ4v) is 4.69. The van der Waals surface area contributed by atoms with Crippen LogP contribution in [0.25, 0.3) is 0 Å². The number of nitrogens with zero attached hydrogens (tertiary/aromatic N) is 2. The molecule has 0 heterocycles. The molecule has 4 nitrogen and oxygen atoms in total. The van der Waals surface area contributed by atoms with E-state index in [0.717, 1.165) is 57.1 Å². The second kappa shape index (κ2) is 18.1. The lowest BCUT2D eigenvalue weighted by atomic mass is 10.1. The normalized spacial score (nSPS) is 10.3. The Hall–Kier alpha value is -5.98. The fraction of sp³-hybridized carbons (Fsp3) is 0.231. The van der Waals surface area contributed by atoms with Gasteiger partial charge < -0.3 is 9.47 Å². The van der Waals surface area contributed by atoms with Crippen molar-refractivity contribution in [1.29, 1.82) is 10.5 Å². The second-order valence-corrected chi connectivity index (χ2v) is 11.0. The van der Waals surface area contributed by atoms with Crippen molar-refractivity contribution in [3.63, 3.8) is 0 Å². The van der Waals surface area contributed by atoms with Gasteiger partial charge in [0.05, 0.1) is 13.2 Å². The van der Waals surface area contributed by atoms with Crippen molar-refractivity contribution in [2.45, 2.75) is 44.9 Å². The number of hydrogen-bond donors (Lipinski definition) is 0. The SMILES string of the molecule is N#Cc1c(F)c(F)c(C#Cc2ccc(OCCCCCCCCCOc3ccc(C#Cc4c(F)c(F)c(C#N)c(F)c4F)cc3)cc2)c(F)c1F. The van der Waals surface area contributed by atoms with E-state index in [1.54, 1.807) is 24.3 Å². The number of ether oxygens (including phenoxy) is 2. The summed E-state index contributed by atoms with van der Waals surface area (Å²) in [4.78, 5) is 0. The molecule has 0 aliphatic carbocycles. The van der Waals surface area contributed by atoms with Gasteiger partial charge in [-0.05, 0) is 61.4 Å². The molecule has 0 aliphatic heterocycles. The Morgan fingerprint density at radius 3 is 0.941 bits per heavy atom. The standard InChI is InChI=1S/C39H26F8N2O2/c40-32-28(33(41)37(45)30(22-48)36(32)44)18-12-24-8-14-26(15-9-24)50-20-6-4-2-1-3-5-7-21-51-27-16-10-25(11-17-27)13-19-29-34(42)38(46)31(23-49)39(47)35(29)43/h8-11,14-17H,1-7,20-21H2. The zero-order valence-electron chi connectivity index (χ0n) is 26.7. The van der Waals surface area contributed by atoms with Crippen LogP contribution >= 0.6 is 0 Å². The molecule has 0 unspecified atom stereocenters. The first-order valence-corrected chi connectivity index (χ1v) is 15.6. The maximum absolute atomic E-state index is 14.0. The van der Waals surface area contributed by atoms with Crippen LogP contribution in [0.5, 0.6) is 11.5 Å². The summed E-state index contributed by atoms with van der Waals surface area (Å²) in [5, 5.41) is 17.3. The van der Waals surface area contributed by atoms with E-state index in [0.29, 0.717) is 35.8 Å². The van der Waals surface area contributed by atoms with E-state index < -0.39 is 68.8 Å². The maximum Gasteiger partial charge on any atom is 0.181 e. The molecule has 4 aromatic carbocycles. The van der Waals surface area contributed by atoms with Gasteiger partial charge in [-0.15, -0.1) is 0 Å². The van der Waals surface area contributed by atoms with E-state index in [1.165, 1.54) is 24.3 Å². The Balaban J connectivity index is 1.09. The van der Waals surface area contributed by atoms with Crippen molar-refractivity contribution in [2.75, 3.05) is 13.2 Å². The maximum atomic E-state index is 14.0. The van der Waals surface area contributed by atoms with Gasteiger partial charge in [-0.3, -0.25) is 0 Å². The number of benzene rings is 4. The van der Waals surface area contributed by atoms with Crippen LogP contribution in [-0.2, 0) is 0 Å². The van der Waals surface area contributed by atoms with E-state index >= 15 is 0 Å². The molecule has 51 heavy (non-hydrogen) atoms. The lowest BCUT2D eigenvalue weighted by Crippen LogP contribution is -2.04. The molecular weight excluding hydrogens is 680 g/mol. The van der Waals surface area contributed by atoms with Crippen molar-refractivity contribution < 1.29 is 44.6 Å². The number of unbranched alkanes of at least 4 members (excludes halogenated alkanes) is 6. The minimum atomic E-state index is -1.80. The lowest BCUT2D eigenvalue weighted by molar-refractivity contribution is 0.299. The molecule has 4 rings (SSSR count). The van der Waals surface area contributed by atoms with E-state index in [2.05, 4.69) is 23.7 Å². The topological polar surface area (TPSA) is 66.0 Å².